The molecule has 2 atom stereocenters. The Bertz CT molecular complexity index is 328. The Morgan fingerprint density at radius 2 is 2.07 bits per heavy atom. The van der Waals surface area contributed by atoms with Gasteiger partial charge in [0.05, 0.1) is 18.2 Å². The van der Waals surface area contributed by atoms with Crippen molar-refractivity contribution < 1.29 is 9.84 Å². The smallest absolute Gasteiger partial charge is 0.137 e. The summed E-state index contributed by atoms with van der Waals surface area (Å²) in [5, 5.41) is 13.0. The van der Waals surface area contributed by atoms with E-state index in [1.54, 1.807) is 26.2 Å². The molecule has 15 heavy (non-hydrogen) atoms. The second kappa shape index (κ2) is 5.24. The standard InChI is InChI=1S/C11H16ClNO2/c1-7(8(2)14)13-9-4-5-11(15-3)10(12)6-9/h4-8,13-14H,1-3H3. The molecule has 84 valence electrons. The SMILES string of the molecule is COc1ccc(NC(C)C(C)O)cc1Cl. The number of hydrogen-bond acceptors (Lipinski definition) is 3. The molecule has 0 amide bonds. The highest BCUT2D eigenvalue weighted by atomic mass is 35.5. The molecule has 2 unspecified atom stereocenters. The lowest BCUT2D eigenvalue weighted by atomic mass is 10.2. The molecule has 0 aliphatic rings. The quantitative estimate of drug-likeness (QED) is 0.834. The molecule has 4 heteroatoms. The van der Waals surface area contributed by atoms with Crippen molar-refractivity contribution in [2.24, 2.45) is 0 Å². The fourth-order valence-electron chi connectivity index (χ4n) is 1.14. The molecule has 0 aliphatic heterocycles. The lowest BCUT2D eigenvalue weighted by Gasteiger charge is -2.18. The highest BCUT2D eigenvalue weighted by Gasteiger charge is 2.09. The van der Waals surface area contributed by atoms with Gasteiger partial charge in [0, 0.05) is 11.7 Å². The largest absolute Gasteiger partial charge is 0.495 e. The molecule has 0 bridgehead atoms. The highest BCUT2D eigenvalue weighted by molar-refractivity contribution is 6.32. The van der Waals surface area contributed by atoms with Crippen LogP contribution >= 0.6 is 11.6 Å². The minimum atomic E-state index is -0.411. The first-order valence-corrected chi connectivity index (χ1v) is 5.20. The molecule has 0 heterocycles. The normalized spacial score (nSPS) is 14.5. The first-order valence-electron chi connectivity index (χ1n) is 4.82. The van der Waals surface area contributed by atoms with Gasteiger partial charge < -0.3 is 15.2 Å². The lowest BCUT2D eigenvalue weighted by molar-refractivity contribution is 0.178. The summed E-state index contributed by atoms with van der Waals surface area (Å²) in [6, 6.07) is 5.41. The van der Waals surface area contributed by atoms with Crippen LogP contribution in [0.1, 0.15) is 13.8 Å². The number of methoxy groups -OCH3 is 1. The number of hydrogen-bond donors (Lipinski definition) is 2. The molecule has 1 aromatic carbocycles. The number of nitrogens with one attached hydrogen (secondary N) is 1. The van der Waals surface area contributed by atoms with E-state index < -0.39 is 6.10 Å². The van der Waals surface area contributed by atoms with Gasteiger partial charge >= 0.3 is 0 Å². The summed E-state index contributed by atoms with van der Waals surface area (Å²) in [5.41, 5.74) is 0.870. The van der Waals surface area contributed by atoms with Crippen molar-refractivity contribution in [2.75, 3.05) is 12.4 Å². The van der Waals surface area contributed by atoms with Gasteiger partial charge in [-0.15, -0.1) is 0 Å². The first kappa shape index (κ1) is 12.1. The second-order valence-electron chi connectivity index (χ2n) is 3.52. The van der Waals surface area contributed by atoms with Crippen LogP contribution in [0.25, 0.3) is 0 Å². The zero-order valence-electron chi connectivity index (χ0n) is 9.12. The Hall–Kier alpha value is -0.930. The van der Waals surface area contributed by atoms with E-state index in [9.17, 15) is 5.11 Å². The van der Waals surface area contributed by atoms with Crippen LogP contribution in [-0.2, 0) is 0 Å². The monoisotopic (exact) mass is 229 g/mol. The molecule has 1 aromatic rings. The molecule has 0 radical (unpaired) electrons. The average Bonchev–Trinajstić information content (AvgIpc) is 2.18. The van der Waals surface area contributed by atoms with Crippen molar-refractivity contribution in [3.8, 4) is 5.75 Å². The fraction of sp³-hybridized carbons (Fsp3) is 0.455. The van der Waals surface area contributed by atoms with Crippen LogP contribution in [0.2, 0.25) is 5.02 Å². The Labute approximate surface area is 95.0 Å². The summed E-state index contributed by atoms with van der Waals surface area (Å²) >= 11 is 5.97. The predicted octanol–water partition coefficient (Wildman–Crippen LogP) is 2.53. The third-order valence-electron chi connectivity index (χ3n) is 2.27. The van der Waals surface area contributed by atoms with Crippen LogP contribution in [-0.4, -0.2) is 24.4 Å². The Balaban J connectivity index is 2.75. The van der Waals surface area contributed by atoms with Crippen LogP contribution in [0, 0.1) is 0 Å². The molecule has 0 spiro atoms. The summed E-state index contributed by atoms with van der Waals surface area (Å²) in [6.07, 6.45) is -0.411. The number of halogens is 1. The molecule has 0 saturated carbocycles. The van der Waals surface area contributed by atoms with Gasteiger partial charge in [-0.25, -0.2) is 0 Å². The summed E-state index contributed by atoms with van der Waals surface area (Å²) in [4.78, 5) is 0. The molecule has 3 nitrogen and oxygen atoms in total. The molecule has 0 aromatic heterocycles. The van der Waals surface area contributed by atoms with Gasteiger partial charge in [-0.05, 0) is 32.0 Å². The van der Waals surface area contributed by atoms with Crippen molar-refractivity contribution in [3.05, 3.63) is 23.2 Å². The van der Waals surface area contributed by atoms with Crippen molar-refractivity contribution in [1.82, 2.24) is 0 Å². The van der Waals surface area contributed by atoms with Crippen LogP contribution in [0.5, 0.6) is 5.75 Å². The van der Waals surface area contributed by atoms with E-state index in [4.69, 9.17) is 16.3 Å². The van der Waals surface area contributed by atoms with Crippen molar-refractivity contribution in [1.29, 1.82) is 0 Å². The number of rotatable bonds is 4. The summed E-state index contributed by atoms with van der Waals surface area (Å²) in [7, 11) is 1.58. The number of benzene rings is 1. The number of aliphatic hydroxyl groups is 1. The third-order valence-corrected chi connectivity index (χ3v) is 2.57. The van der Waals surface area contributed by atoms with E-state index in [2.05, 4.69) is 5.32 Å². The molecular weight excluding hydrogens is 214 g/mol. The van der Waals surface area contributed by atoms with Crippen LogP contribution < -0.4 is 10.1 Å². The number of ether oxygens (including phenoxy) is 1. The second-order valence-corrected chi connectivity index (χ2v) is 3.93. The van der Waals surface area contributed by atoms with Gasteiger partial charge in [-0.2, -0.15) is 0 Å². The Morgan fingerprint density at radius 3 is 2.53 bits per heavy atom. The zero-order chi connectivity index (χ0) is 11.4. The van der Waals surface area contributed by atoms with Crippen LogP contribution in [0.3, 0.4) is 0 Å². The maximum absolute atomic E-state index is 9.33. The van der Waals surface area contributed by atoms with E-state index >= 15 is 0 Å². The van der Waals surface area contributed by atoms with Crippen LogP contribution in [0.15, 0.2) is 18.2 Å². The molecule has 0 aliphatic carbocycles. The van der Waals surface area contributed by atoms with Crippen molar-refractivity contribution in [3.63, 3.8) is 0 Å². The van der Waals surface area contributed by atoms with E-state index in [-0.39, 0.29) is 6.04 Å². The van der Waals surface area contributed by atoms with Gasteiger partial charge in [0.25, 0.3) is 0 Å². The minimum absolute atomic E-state index is 0.0190. The van der Waals surface area contributed by atoms with Gasteiger partial charge in [0.15, 0.2) is 0 Å². The topological polar surface area (TPSA) is 41.5 Å². The van der Waals surface area contributed by atoms with E-state index in [0.717, 1.165) is 5.69 Å². The number of aliphatic hydroxyl groups excluding tert-OH is 1. The third kappa shape index (κ3) is 3.29. The average molecular weight is 230 g/mol. The highest BCUT2D eigenvalue weighted by Crippen LogP contribution is 2.27. The van der Waals surface area contributed by atoms with Crippen LogP contribution in [0.4, 0.5) is 5.69 Å². The van der Waals surface area contributed by atoms with E-state index in [1.807, 2.05) is 13.0 Å². The van der Waals surface area contributed by atoms with Gasteiger partial charge in [0.1, 0.15) is 5.75 Å². The summed E-state index contributed by atoms with van der Waals surface area (Å²) < 4.78 is 5.04. The Morgan fingerprint density at radius 1 is 1.40 bits per heavy atom. The van der Waals surface area contributed by atoms with Gasteiger partial charge in [-0.3, -0.25) is 0 Å². The van der Waals surface area contributed by atoms with E-state index in [0.29, 0.717) is 10.8 Å². The molecule has 1 rings (SSSR count). The minimum Gasteiger partial charge on any atom is -0.495 e. The Kier molecular flexibility index (Phi) is 4.24. The van der Waals surface area contributed by atoms with Crippen molar-refractivity contribution in [2.45, 2.75) is 26.0 Å². The summed E-state index contributed by atoms with van der Waals surface area (Å²) in [6.45, 7) is 3.64. The molecule has 0 fully saturated rings. The number of anilines is 1. The maximum atomic E-state index is 9.33. The van der Waals surface area contributed by atoms with Gasteiger partial charge in [0.2, 0.25) is 0 Å². The molecule has 2 N–H and O–H groups in total. The van der Waals surface area contributed by atoms with Gasteiger partial charge in [-0.1, -0.05) is 11.6 Å². The molecule has 0 saturated heterocycles. The molecular formula is C11H16ClNO2. The lowest BCUT2D eigenvalue weighted by Crippen LogP contribution is -2.27. The fourth-order valence-corrected chi connectivity index (χ4v) is 1.40. The predicted molar refractivity (Wildman–Crippen MR) is 62.8 cm³/mol. The van der Waals surface area contributed by atoms with Crippen molar-refractivity contribution >= 4 is 17.3 Å². The maximum Gasteiger partial charge on any atom is 0.137 e. The van der Waals surface area contributed by atoms with E-state index in [1.165, 1.54) is 0 Å². The summed E-state index contributed by atoms with van der Waals surface area (Å²) in [5.74, 6) is 0.645. The first-order chi connectivity index (χ1) is 7.04. The zero-order valence-corrected chi connectivity index (χ0v) is 9.88.